The van der Waals surface area contributed by atoms with Crippen molar-refractivity contribution in [3.05, 3.63) is 83.7 Å². The van der Waals surface area contributed by atoms with E-state index in [9.17, 15) is 14.4 Å². The zero-order chi connectivity index (χ0) is 24.9. The number of rotatable bonds is 8. The molecule has 2 unspecified atom stereocenters. The summed E-state index contributed by atoms with van der Waals surface area (Å²) < 4.78 is 5.53. The number of pyridine rings is 1. The Kier molecular flexibility index (Phi) is 7.10. The standard InChI is InChI=1S/C27H27N3O5/c1-16(26(32)33)17(2)29-25(31)13-18-11-12-19(14-28-18)30-27(34)35-15-24-22-9-5-3-7-20(22)21-8-4-6-10-23(21)24/h3-12,14,16-17,24H,13,15H2,1-2H3,(H,29,31)(H,30,34)(H,32,33). The number of fused-ring (bicyclic) bond motifs is 3. The van der Waals surface area contributed by atoms with E-state index in [1.807, 2.05) is 24.3 Å². The van der Waals surface area contributed by atoms with E-state index in [0.717, 1.165) is 22.3 Å². The number of nitrogens with one attached hydrogen (secondary N) is 2. The first-order chi connectivity index (χ1) is 16.8. The van der Waals surface area contributed by atoms with Gasteiger partial charge in [-0.1, -0.05) is 48.5 Å². The van der Waals surface area contributed by atoms with E-state index in [2.05, 4.69) is 39.9 Å². The van der Waals surface area contributed by atoms with Gasteiger partial charge >= 0.3 is 12.1 Å². The number of ether oxygens (including phenoxy) is 1. The molecule has 0 radical (unpaired) electrons. The molecule has 0 aliphatic heterocycles. The van der Waals surface area contributed by atoms with Crippen LogP contribution in [0.3, 0.4) is 0 Å². The van der Waals surface area contributed by atoms with E-state index in [4.69, 9.17) is 9.84 Å². The van der Waals surface area contributed by atoms with Crippen LogP contribution in [0.5, 0.6) is 0 Å². The van der Waals surface area contributed by atoms with Crippen molar-refractivity contribution in [1.82, 2.24) is 10.3 Å². The number of hydrogen-bond donors (Lipinski definition) is 3. The summed E-state index contributed by atoms with van der Waals surface area (Å²) in [5, 5.41) is 14.4. The Balaban J connectivity index is 1.30. The predicted molar refractivity (Wildman–Crippen MR) is 131 cm³/mol. The fourth-order valence-electron chi connectivity index (χ4n) is 4.16. The molecular formula is C27H27N3O5. The molecule has 1 aromatic heterocycles. The minimum atomic E-state index is -0.973. The summed E-state index contributed by atoms with van der Waals surface area (Å²) in [6.07, 6.45) is 0.866. The van der Waals surface area contributed by atoms with Crippen LogP contribution in [0.15, 0.2) is 66.9 Å². The Morgan fingerprint density at radius 3 is 2.17 bits per heavy atom. The summed E-state index contributed by atoms with van der Waals surface area (Å²) >= 11 is 0. The van der Waals surface area contributed by atoms with Gasteiger partial charge in [-0.2, -0.15) is 0 Å². The molecule has 0 spiro atoms. The number of carbonyl (C=O) groups excluding carboxylic acids is 2. The minimum absolute atomic E-state index is 0.00189. The molecule has 4 rings (SSSR count). The Hall–Kier alpha value is -4.20. The second kappa shape index (κ2) is 10.4. The fourth-order valence-corrected chi connectivity index (χ4v) is 4.16. The minimum Gasteiger partial charge on any atom is -0.481 e. The monoisotopic (exact) mass is 473 g/mol. The van der Waals surface area contributed by atoms with Crippen LogP contribution in [-0.4, -0.2) is 40.7 Å². The van der Waals surface area contributed by atoms with Crippen molar-refractivity contribution in [2.45, 2.75) is 32.2 Å². The molecule has 2 aromatic carbocycles. The van der Waals surface area contributed by atoms with Crippen LogP contribution in [0.1, 0.15) is 36.6 Å². The van der Waals surface area contributed by atoms with Crippen molar-refractivity contribution in [1.29, 1.82) is 0 Å². The maximum Gasteiger partial charge on any atom is 0.411 e. The molecule has 1 aliphatic carbocycles. The van der Waals surface area contributed by atoms with Gasteiger partial charge in [0.15, 0.2) is 0 Å². The topological polar surface area (TPSA) is 118 Å². The molecule has 0 saturated carbocycles. The van der Waals surface area contributed by atoms with Crippen LogP contribution in [0, 0.1) is 5.92 Å². The van der Waals surface area contributed by atoms with Crippen LogP contribution < -0.4 is 10.6 Å². The zero-order valence-electron chi connectivity index (χ0n) is 19.5. The maximum absolute atomic E-state index is 12.4. The number of aliphatic carboxylic acids is 1. The van der Waals surface area contributed by atoms with Crippen molar-refractivity contribution >= 4 is 23.7 Å². The SMILES string of the molecule is CC(NC(=O)Cc1ccc(NC(=O)OCC2c3ccccc3-c3ccccc32)cn1)C(C)C(=O)O. The molecule has 1 aliphatic rings. The third-order valence-corrected chi connectivity index (χ3v) is 6.28. The van der Waals surface area contributed by atoms with Crippen LogP contribution in [-0.2, 0) is 20.7 Å². The number of carbonyl (C=O) groups is 3. The molecule has 35 heavy (non-hydrogen) atoms. The number of amides is 2. The Labute approximate surface area is 203 Å². The van der Waals surface area contributed by atoms with Crippen molar-refractivity contribution in [3.8, 4) is 11.1 Å². The van der Waals surface area contributed by atoms with E-state index in [1.54, 1.807) is 19.1 Å². The highest BCUT2D eigenvalue weighted by Gasteiger charge is 2.29. The van der Waals surface area contributed by atoms with Gasteiger partial charge in [0.25, 0.3) is 0 Å². The molecule has 0 bridgehead atoms. The molecule has 8 nitrogen and oxygen atoms in total. The molecule has 8 heteroatoms. The fraction of sp³-hybridized carbons (Fsp3) is 0.259. The summed E-state index contributed by atoms with van der Waals surface area (Å²) in [4.78, 5) is 39.8. The second-order valence-electron chi connectivity index (χ2n) is 8.65. The summed E-state index contributed by atoms with van der Waals surface area (Å²) in [6.45, 7) is 3.39. The van der Waals surface area contributed by atoms with Gasteiger partial charge in [0.05, 0.1) is 24.2 Å². The smallest absolute Gasteiger partial charge is 0.411 e. The molecule has 0 saturated heterocycles. The Morgan fingerprint density at radius 2 is 1.60 bits per heavy atom. The highest BCUT2D eigenvalue weighted by molar-refractivity contribution is 5.85. The lowest BCUT2D eigenvalue weighted by molar-refractivity contribution is -0.142. The van der Waals surface area contributed by atoms with E-state index in [1.165, 1.54) is 13.1 Å². The summed E-state index contributed by atoms with van der Waals surface area (Å²) in [6, 6.07) is 19.0. The number of anilines is 1. The van der Waals surface area contributed by atoms with Gasteiger partial charge in [-0.3, -0.25) is 19.9 Å². The van der Waals surface area contributed by atoms with Gasteiger partial charge in [-0.05, 0) is 48.2 Å². The van der Waals surface area contributed by atoms with Crippen molar-refractivity contribution < 1.29 is 24.2 Å². The first kappa shape index (κ1) is 23.9. The average Bonchev–Trinajstić information content (AvgIpc) is 3.17. The van der Waals surface area contributed by atoms with Crippen LogP contribution in [0.25, 0.3) is 11.1 Å². The van der Waals surface area contributed by atoms with E-state index in [0.29, 0.717) is 11.4 Å². The third kappa shape index (κ3) is 5.48. The van der Waals surface area contributed by atoms with Crippen molar-refractivity contribution in [3.63, 3.8) is 0 Å². The first-order valence-electron chi connectivity index (χ1n) is 11.4. The van der Waals surface area contributed by atoms with Crippen LogP contribution in [0.4, 0.5) is 10.5 Å². The Bertz CT molecular complexity index is 1200. The van der Waals surface area contributed by atoms with Crippen molar-refractivity contribution in [2.75, 3.05) is 11.9 Å². The number of benzene rings is 2. The molecule has 2 atom stereocenters. The largest absolute Gasteiger partial charge is 0.481 e. The number of carboxylic acid groups (broad SMARTS) is 1. The highest BCUT2D eigenvalue weighted by Crippen LogP contribution is 2.44. The molecule has 1 heterocycles. The molecule has 0 fully saturated rings. The van der Waals surface area contributed by atoms with Gasteiger partial charge in [-0.15, -0.1) is 0 Å². The molecule has 2 amide bonds. The van der Waals surface area contributed by atoms with E-state index < -0.39 is 24.0 Å². The summed E-state index contributed by atoms with van der Waals surface area (Å²) in [5.41, 5.74) is 5.53. The van der Waals surface area contributed by atoms with Crippen LogP contribution in [0.2, 0.25) is 0 Å². The molecule has 3 aromatic rings. The lowest BCUT2D eigenvalue weighted by Crippen LogP contribution is -2.40. The Morgan fingerprint density at radius 1 is 0.971 bits per heavy atom. The molecule has 180 valence electrons. The highest BCUT2D eigenvalue weighted by atomic mass is 16.5. The van der Waals surface area contributed by atoms with E-state index in [-0.39, 0.29) is 24.9 Å². The van der Waals surface area contributed by atoms with Crippen LogP contribution >= 0.6 is 0 Å². The van der Waals surface area contributed by atoms with Gasteiger partial charge in [-0.25, -0.2) is 4.79 Å². The van der Waals surface area contributed by atoms with Gasteiger partial charge in [0.1, 0.15) is 6.61 Å². The number of carboxylic acids is 1. The van der Waals surface area contributed by atoms with E-state index >= 15 is 0 Å². The van der Waals surface area contributed by atoms with Gasteiger partial charge < -0.3 is 15.2 Å². The zero-order valence-corrected chi connectivity index (χ0v) is 19.5. The predicted octanol–water partition coefficient (Wildman–Crippen LogP) is 4.21. The lowest BCUT2D eigenvalue weighted by atomic mass is 9.98. The number of nitrogens with zero attached hydrogens (tertiary/aromatic N) is 1. The molecular weight excluding hydrogens is 446 g/mol. The quantitative estimate of drug-likeness (QED) is 0.451. The average molecular weight is 474 g/mol. The summed E-state index contributed by atoms with van der Waals surface area (Å²) in [7, 11) is 0. The maximum atomic E-state index is 12.4. The third-order valence-electron chi connectivity index (χ3n) is 6.28. The molecule has 3 N–H and O–H groups in total. The van der Waals surface area contributed by atoms with Gasteiger partial charge in [0, 0.05) is 17.7 Å². The first-order valence-corrected chi connectivity index (χ1v) is 11.4. The lowest BCUT2D eigenvalue weighted by Gasteiger charge is -2.17. The number of hydrogen-bond acceptors (Lipinski definition) is 5. The summed E-state index contributed by atoms with van der Waals surface area (Å²) in [5.74, 6) is -2.02. The normalized spacial score (nSPS) is 13.8. The van der Waals surface area contributed by atoms with Crippen molar-refractivity contribution in [2.24, 2.45) is 5.92 Å². The number of aromatic nitrogens is 1. The second-order valence-corrected chi connectivity index (χ2v) is 8.65. The van der Waals surface area contributed by atoms with Gasteiger partial charge in [0.2, 0.25) is 5.91 Å².